The summed E-state index contributed by atoms with van der Waals surface area (Å²) in [5.41, 5.74) is -0.0221. The van der Waals surface area contributed by atoms with Gasteiger partial charge in [0.1, 0.15) is 39.8 Å². The Labute approximate surface area is 197 Å². The average molecular weight is 525 g/mol. The highest BCUT2D eigenvalue weighted by Crippen LogP contribution is 2.37. The van der Waals surface area contributed by atoms with Gasteiger partial charge in [0.25, 0.3) is 4.21 Å². The summed E-state index contributed by atoms with van der Waals surface area (Å²) < 4.78 is 35.7. The van der Waals surface area contributed by atoms with Gasteiger partial charge in [-0.05, 0) is 28.5 Å². The molecule has 0 radical (unpaired) electrons. The van der Waals surface area contributed by atoms with Gasteiger partial charge in [-0.3, -0.25) is 0 Å². The second-order valence-corrected chi connectivity index (χ2v) is 10.3. The van der Waals surface area contributed by atoms with Crippen LogP contribution in [0.15, 0.2) is 46.8 Å². The third-order valence-corrected chi connectivity index (χ3v) is 7.64. The Kier molecular flexibility index (Phi) is 7.63. The van der Waals surface area contributed by atoms with Crippen LogP contribution in [0.2, 0.25) is 14.5 Å². The number of esters is 1. The Hall–Kier alpha value is -2.08. The summed E-state index contributed by atoms with van der Waals surface area (Å²) in [6, 6.07) is 8.18. The monoisotopic (exact) mass is 523 g/mol. The zero-order chi connectivity index (χ0) is 22.6. The van der Waals surface area contributed by atoms with Crippen LogP contribution in [0.1, 0.15) is 10.4 Å². The van der Waals surface area contributed by atoms with E-state index in [1.165, 1.54) is 24.4 Å². The number of anilines is 1. The van der Waals surface area contributed by atoms with Gasteiger partial charge in [-0.15, -0.1) is 0 Å². The molecule has 13 heteroatoms. The highest BCUT2D eigenvalue weighted by Gasteiger charge is 2.33. The molecule has 2 aromatic heterocycles. The fourth-order valence-electron chi connectivity index (χ4n) is 2.26. The maximum absolute atomic E-state index is 12.5. The molecule has 0 spiro atoms. The van der Waals surface area contributed by atoms with Crippen molar-refractivity contribution < 1.29 is 28.1 Å². The summed E-state index contributed by atoms with van der Waals surface area (Å²) >= 11 is 18.2. The number of halogens is 3. The summed E-state index contributed by atoms with van der Waals surface area (Å²) in [7, 11) is -3.72. The van der Waals surface area contributed by atoms with E-state index < -0.39 is 22.1 Å². The Morgan fingerprint density at radius 3 is 2.55 bits per heavy atom. The molecule has 0 saturated carbocycles. The lowest BCUT2D eigenvalue weighted by atomic mass is 10.2. The molecule has 3 aromatic rings. The number of hydrogen-bond acceptors (Lipinski definition) is 7. The van der Waals surface area contributed by atoms with Gasteiger partial charge >= 0.3 is 16.4 Å². The lowest BCUT2D eigenvalue weighted by Gasteiger charge is -2.09. The maximum atomic E-state index is 12.5. The average Bonchev–Trinajstić information content (AvgIpc) is 3.06. The normalized spacial score (nSPS) is 12.8. The van der Waals surface area contributed by atoms with Crippen LogP contribution in [0.4, 0.5) is 5.69 Å². The molecule has 31 heavy (non-hydrogen) atoms. The number of pyridine rings is 1. The predicted octanol–water partition coefficient (Wildman–Crippen LogP) is 5.40. The van der Waals surface area contributed by atoms with E-state index in [1.807, 2.05) is 0 Å². The number of thiophene rings is 1. The van der Waals surface area contributed by atoms with E-state index >= 15 is 0 Å². The van der Waals surface area contributed by atoms with Crippen LogP contribution in [0.25, 0.3) is 0 Å². The van der Waals surface area contributed by atoms with Gasteiger partial charge in [-0.2, -0.15) is 9.27 Å². The Balaban J connectivity index is 1.57. The van der Waals surface area contributed by atoms with Crippen LogP contribution in [0.5, 0.6) is 11.5 Å². The van der Waals surface area contributed by atoms with Gasteiger partial charge in [-0.1, -0.05) is 46.1 Å². The molecule has 0 aliphatic rings. The molecule has 2 heterocycles. The maximum Gasteiger partial charge on any atom is 0.356 e. The molecule has 0 aliphatic carbocycles. The summed E-state index contributed by atoms with van der Waals surface area (Å²) in [6.07, 6.45) is 1.43. The largest absolute Gasteiger partial charge is 0.507 e. The van der Waals surface area contributed by atoms with Crippen molar-refractivity contribution in [3.63, 3.8) is 0 Å². The van der Waals surface area contributed by atoms with Crippen LogP contribution in [-0.2, 0) is 19.3 Å². The summed E-state index contributed by atoms with van der Waals surface area (Å²) in [5, 5.41) is 10.6. The molecule has 1 unspecified atom stereocenters. The van der Waals surface area contributed by atoms with Gasteiger partial charge in [0, 0.05) is 12.1 Å². The molecule has 0 saturated heterocycles. The molecule has 8 nitrogen and oxygen atoms in total. The summed E-state index contributed by atoms with van der Waals surface area (Å²) in [6.45, 7) is -0.0147. The molecule has 3 N–H and O–H groups in total. The smallest absolute Gasteiger partial charge is 0.356 e. The zero-order valence-corrected chi connectivity index (χ0v) is 19.3. The van der Waals surface area contributed by atoms with Crippen molar-refractivity contribution in [3.8, 4) is 11.5 Å². The number of phenolic OH excluding ortho intramolecular Hbond substituents is 1. The fraction of sp³-hybridized carbons (Fsp3) is 0.111. The molecular weight excluding hydrogens is 511 g/mol. The Morgan fingerprint density at radius 2 is 1.94 bits per heavy atom. The van der Waals surface area contributed by atoms with Crippen LogP contribution in [0.3, 0.4) is 0 Å². The van der Waals surface area contributed by atoms with E-state index in [0.29, 0.717) is 10.9 Å². The number of nitrogens with one attached hydrogen (secondary N) is 1. The Morgan fingerprint density at radius 1 is 1.16 bits per heavy atom. The molecule has 1 aromatic carbocycles. The number of carbonyl (C=O) groups excluding carboxylic acids is 1. The van der Waals surface area contributed by atoms with Gasteiger partial charge in [0.15, 0.2) is 0 Å². The molecule has 0 aliphatic heterocycles. The number of aromatic nitrogens is 1. The van der Waals surface area contributed by atoms with Crippen molar-refractivity contribution in [2.24, 2.45) is 0 Å². The van der Waals surface area contributed by atoms with Crippen molar-refractivity contribution in [3.05, 3.63) is 62.7 Å². The number of benzene rings is 1. The molecule has 0 fully saturated rings. The number of rotatable bonds is 8. The summed E-state index contributed by atoms with van der Waals surface area (Å²) in [4.78, 5) is 16.0. The first-order valence-corrected chi connectivity index (χ1v) is 11.9. The number of ether oxygens (including phenoxy) is 2. The lowest BCUT2D eigenvalue weighted by molar-refractivity contribution is 0.0447. The van der Waals surface area contributed by atoms with E-state index in [0.717, 1.165) is 17.4 Å². The standard InChI is InChI=1S/C18H13Cl3N2O6S2/c19-13-8-16(30-17(13)21)31(26,27)23-10-1-3-12(14(24)7-10)18(25)29-6-5-28-11-2-4-15(20)22-9-11/h1-4,7-9H,5-6H2,(H2-,23,24,25,26,27)/p+1. The van der Waals surface area contributed by atoms with Crippen LogP contribution in [-0.4, -0.2) is 33.8 Å². The highest BCUT2D eigenvalue weighted by molar-refractivity contribution is 8.00. The SMILES string of the molecule is O=C(OCCOc1ccc(Cl)nc1)c1ccc(N[S+](=O)(O)c2cc(Cl)c(Cl)s2)cc1O. The quantitative estimate of drug-likeness (QED) is 0.156. The predicted molar refractivity (Wildman–Crippen MR) is 120 cm³/mol. The fourth-order valence-corrected chi connectivity index (χ4v) is 5.33. The first-order chi connectivity index (χ1) is 14.7. The van der Waals surface area contributed by atoms with E-state index in [2.05, 4.69) is 9.71 Å². The second-order valence-electron chi connectivity index (χ2n) is 5.85. The minimum atomic E-state index is -3.72. The van der Waals surface area contributed by atoms with Gasteiger partial charge < -0.3 is 14.6 Å². The minimum absolute atomic E-state index is 0.0152. The van der Waals surface area contributed by atoms with Gasteiger partial charge in [0.05, 0.1) is 16.9 Å². The number of aromatic hydroxyl groups is 1. The zero-order valence-electron chi connectivity index (χ0n) is 15.4. The van der Waals surface area contributed by atoms with E-state index in [9.17, 15) is 18.7 Å². The molecule has 0 amide bonds. The number of carbonyl (C=O) groups is 1. The third-order valence-electron chi connectivity index (χ3n) is 3.65. The molecular formula is C18H14Cl3N2O6S2+. The van der Waals surface area contributed by atoms with Crippen LogP contribution < -0.4 is 9.46 Å². The van der Waals surface area contributed by atoms with Crippen molar-refractivity contribution in [1.29, 1.82) is 0 Å². The van der Waals surface area contributed by atoms with Gasteiger partial charge in [0.2, 0.25) is 0 Å². The van der Waals surface area contributed by atoms with Crippen molar-refractivity contribution in [2.75, 3.05) is 17.9 Å². The number of hydrogen-bond donors (Lipinski definition) is 3. The van der Waals surface area contributed by atoms with Crippen LogP contribution >= 0.6 is 46.1 Å². The lowest BCUT2D eigenvalue weighted by Crippen LogP contribution is -2.19. The van der Waals surface area contributed by atoms with Crippen molar-refractivity contribution >= 4 is 68.2 Å². The second kappa shape index (κ2) is 10.0. The van der Waals surface area contributed by atoms with E-state index in [1.54, 1.807) is 12.1 Å². The number of nitrogens with zero attached hydrogens (tertiary/aromatic N) is 1. The van der Waals surface area contributed by atoms with Crippen molar-refractivity contribution in [1.82, 2.24) is 4.98 Å². The highest BCUT2D eigenvalue weighted by atomic mass is 35.5. The topological polar surface area (TPSA) is 118 Å². The van der Waals surface area contributed by atoms with Crippen molar-refractivity contribution in [2.45, 2.75) is 4.21 Å². The molecule has 1 atom stereocenters. The van der Waals surface area contributed by atoms with E-state index in [-0.39, 0.29) is 38.0 Å². The molecule has 3 rings (SSSR count). The molecule has 0 bridgehead atoms. The minimum Gasteiger partial charge on any atom is -0.507 e. The number of phenols is 1. The summed E-state index contributed by atoms with van der Waals surface area (Å²) in [5.74, 6) is -0.765. The first kappa shape index (κ1) is 23.6. The third kappa shape index (κ3) is 6.22. The van der Waals surface area contributed by atoms with E-state index in [4.69, 9.17) is 44.3 Å². The molecule has 164 valence electrons. The Bertz CT molecular complexity index is 1120. The van der Waals surface area contributed by atoms with Gasteiger partial charge in [-0.25, -0.2) is 9.78 Å². The first-order valence-electron chi connectivity index (χ1n) is 8.39. The van der Waals surface area contributed by atoms with Crippen LogP contribution in [0, 0.1) is 0 Å².